The van der Waals surface area contributed by atoms with Gasteiger partial charge in [0, 0.05) is 0 Å². The zero-order chi connectivity index (χ0) is 5.72. The molecule has 2 atom stereocenters. The van der Waals surface area contributed by atoms with Gasteiger partial charge in [0.2, 0.25) is 0 Å². The topological polar surface area (TPSA) is 0 Å². The summed E-state index contributed by atoms with van der Waals surface area (Å²) in [7, 11) is 0. The van der Waals surface area contributed by atoms with Crippen LogP contribution in [0.2, 0.25) is 0 Å². The van der Waals surface area contributed by atoms with Gasteiger partial charge < -0.3 is 0 Å². The Bertz CT molecular complexity index is 91.9. The van der Waals surface area contributed by atoms with Gasteiger partial charge >= 0.3 is 0 Å². The molecule has 0 aromatic rings. The lowest BCUT2D eigenvalue weighted by Crippen LogP contribution is -1.93. The summed E-state index contributed by atoms with van der Waals surface area (Å²) >= 11 is 0. The summed E-state index contributed by atoms with van der Waals surface area (Å²) in [4.78, 5) is 0. The highest BCUT2D eigenvalue weighted by atomic mass is 14.6. The third kappa shape index (κ3) is 0.416. The Kier molecular flexibility index (Phi) is 0.778. The van der Waals surface area contributed by atoms with Gasteiger partial charge in [0.15, 0.2) is 0 Å². The first-order chi connectivity index (χ1) is 3.80. The number of hydrogen-bond donors (Lipinski definition) is 0. The van der Waals surface area contributed by atoms with E-state index in [9.17, 15) is 0 Å². The van der Waals surface area contributed by atoms with Gasteiger partial charge in [-0.3, -0.25) is 0 Å². The van der Waals surface area contributed by atoms with Crippen molar-refractivity contribution in [1.29, 1.82) is 0 Å². The molecule has 0 aliphatic heterocycles. The minimum absolute atomic E-state index is 0.979. The van der Waals surface area contributed by atoms with Crippen LogP contribution in [-0.4, -0.2) is 0 Å². The summed E-state index contributed by atoms with van der Waals surface area (Å²) in [6.45, 7) is 4.73. The lowest BCUT2D eigenvalue weighted by Gasteiger charge is -2.04. The van der Waals surface area contributed by atoms with Gasteiger partial charge in [-0.2, -0.15) is 0 Å². The molecule has 0 nitrogen and oxygen atoms in total. The summed E-state index contributed by atoms with van der Waals surface area (Å²) < 4.78 is 0. The quantitative estimate of drug-likeness (QED) is 0.486. The van der Waals surface area contributed by atoms with Crippen molar-refractivity contribution in [3.05, 3.63) is 0 Å². The standard InChI is InChI=1S/C8H14/c1-5(2)8-6-3-4-7(6)8/h5-8H,3-4H2,1-2H3. The van der Waals surface area contributed by atoms with Crippen molar-refractivity contribution >= 4 is 0 Å². The van der Waals surface area contributed by atoms with Crippen LogP contribution in [0.4, 0.5) is 0 Å². The zero-order valence-electron chi connectivity index (χ0n) is 5.72. The molecule has 0 radical (unpaired) electrons. The lowest BCUT2D eigenvalue weighted by atomic mass is 10.0. The van der Waals surface area contributed by atoms with Crippen molar-refractivity contribution in [2.75, 3.05) is 0 Å². The molecule has 0 N–H and O–H groups in total. The fourth-order valence-electron chi connectivity index (χ4n) is 2.40. The van der Waals surface area contributed by atoms with Crippen LogP contribution >= 0.6 is 0 Å². The Morgan fingerprint density at radius 3 is 1.75 bits per heavy atom. The van der Waals surface area contributed by atoms with E-state index in [1.54, 1.807) is 12.8 Å². The maximum absolute atomic E-state index is 2.36. The van der Waals surface area contributed by atoms with Crippen molar-refractivity contribution in [1.82, 2.24) is 0 Å². The van der Waals surface area contributed by atoms with Gasteiger partial charge in [0.1, 0.15) is 0 Å². The molecule has 2 fully saturated rings. The molecule has 2 aliphatic rings. The first-order valence-electron chi connectivity index (χ1n) is 3.80. The van der Waals surface area contributed by atoms with E-state index in [0.29, 0.717) is 0 Å². The maximum atomic E-state index is 2.36. The van der Waals surface area contributed by atoms with Crippen molar-refractivity contribution in [3.8, 4) is 0 Å². The minimum Gasteiger partial charge on any atom is -0.0625 e. The van der Waals surface area contributed by atoms with Gasteiger partial charge in [-0.15, -0.1) is 0 Å². The van der Waals surface area contributed by atoms with Gasteiger partial charge in [-0.25, -0.2) is 0 Å². The molecule has 0 heteroatoms. The Morgan fingerprint density at radius 1 is 1.12 bits per heavy atom. The second kappa shape index (κ2) is 1.29. The molecule has 0 amide bonds. The molecule has 8 heavy (non-hydrogen) atoms. The third-order valence-corrected chi connectivity index (χ3v) is 3.00. The third-order valence-electron chi connectivity index (χ3n) is 3.00. The van der Waals surface area contributed by atoms with Crippen LogP contribution in [-0.2, 0) is 0 Å². The molecular formula is C8H14. The molecule has 46 valence electrons. The molecule has 2 saturated carbocycles. The SMILES string of the molecule is CC(C)C1C2CCC21. The van der Waals surface area contributed by atoms with Crippen molar-refractivity contribution in [2.45, 2.75) is 26.7 Å². The van der Waals surface area contributed by atoms with Crippen LogP contribution in [0.1, 0.15) is 26.7 Å². The smallest absolute Gasteiger partial charge is 0.0329 e. The van der Waals surface area contributed by atoms with Gasteiger partial charge in [-0.05, 0) is 36.5 Å². The second-order valence-corrected chi connectivity index (χ2v) is 3.73. The highest BCUT2D eigenvalue weighted by molar-refractivity contribution is 5.05. The molecule has 0 spiro atoms. The monoisotopic (exact) mass is 110 g/mol. The predicted octanol–water partition coefficient (Wildman–Crippen LogP) is 2.30. The summed E-state index contributed by atoms with van der Waals surface area (Å²) in [6, 6.07) is 0. The van der Waals surface area contributed by atoms with E-state index >= 15 is 0 Å². The van der Waals surface area contributed by atoms with Gasteiger partial charge in [0.25, 0.3) is 0 Å². The Hall–Kier alpha value is 0. The molecule has 2 rings (SSSR count). The summed E-state index contributed by atoms with van der Waals surface area (Å²) in [5.74, 6) is 4.51. The first kappa shape index (κ1) is 4.84. The molecule has 0 bridgehead atoms. The van der Waals surface area contributed by atoms with Crippen LogP contribution in [0.25, 0.3) is 0 Å². The van der Waals surface area contributed by atoms with Crippen molar-refractivity contribution < 1.29 is 0 Å². The number of hydrogen-bond acceptors (Lipinski definition) is 0. The average Bonchev–Trinajstić information content (AvgIpc) is 2.07. The molecule has 2 aliphatic carbocycles. The van der Waals surface area contributed by atoms with E-state index < -0.39 is 0 Å². The second-order valence-electron chi connectivity index (χ2n) is 3.73. The van der Waals surface area contributed by atoms with E-state index in [1.807, 2.05) is 0 Å². The van der Waals surface area contributed by atoms with E-state index in [-0.39, 0.29) is 0 Å². The van der Waals surface area contributed by atoms with Crippen molar-refractivity contribution in [2.24, 2.45) is 23.7 Å². The highest BCUT2D eigenvalue weighted by Gasteiger charge is 2.56. The van der Waals surface area contributed by atoms with Gasteiger partial charge in [0.05, 0.1) is 0 Å². The van der Waals surface area contributed by atoms with E-state index in [1.165, 1.54) is 11.8 Å². The zero-order valence-corrected chi connectivity index (χ0v) is 5.72. The Morgan fingerprint density at radius 2 is 1.62 bits per heavy atom. The van der Waals surface area contributed by atoms with Crippen molar-refractivity contribution in [3.63, 3.8) is 0 Å². The summed E-state index contributed by atoms with van der Waals surface area (Å²) in [5.41, 5.74) is 0. The average molecular weight is 110 g/mol. The fourth-order valence-corrected chi connectivity index (χ4v) is 2.40. The molecular weight excluding hydrogens is 96.1 g/mol. The van der Waals surface area contributed by atoms with Gasteiger partial charge in [-0.1, -0.05) is 13.8 Å². The summed E-state index contributed by atoms with van der Waals surface area (Å²) in [5, 5.41) is 0. The number of fused-ring (bicyclic) bond motifs is 1. The molecule has 0 saturated heterocycles. The largest absolute Gasteiger partial charge is 0.0625 e. The maximum Gasteiger partial charge on any atom is -0.0329 e. The van der Waals surface area contributed by atoms with Crippen LogP contribution < -0.4 is 0 Å². The number of rotatable bonds is 1. The van der Waals surface area contributed by atoms with Crippen LogP contribution in [0, 0.1) is 23.7 Å². The Labute approximate surface area is 51.3 Å². The van der Waals surface area contributed by atoms with Crippen LogP contribution in [0.15, 0.2) is 0 Å². The highest BCUT2D eigenvalue weighted by Crippen LogP contribution is 2.63. The Balaban J connectivity index is 1.95. The van der Waals surface area contributed by atoms with E-state index in [0.717, 1.165) is 11.8 Å². The van der Waals surface area contributed by atoms with Crippen LogP contribution in [0.5, 0.6) is 0 Å². The van der Waals surface area contributed by atoms with E-state index in [2.05, 4.69) is 13.8 Å². The fraction of sp³-hybridized carbons (Fsp3) is 1.00. The molecule has 0 aromatic carbocycles. The lowest BCUT2D eigenvalue weighted by molar-refractivity contribution is 0.468. The van der Waals surface area contributed by atoms with E-state index in [4.69, 9.17) is 0 Å². The molecule has 0 heterocycles. The predicted molar refractivity (Wildman–Crippen MR) is 34.5 cm³/mol. The molecule has 2 unspecified atom stereocenters. The first-order valence-corrected chi connectivity index (χ1v) is 3.80. The minimum atomic E-state index is 0.979. The summed E-state index contributed by atoms with van der Waals surface area (Å²) in [6.07, 6.45) is 3.10. The normalized spacial score (nSPS) is 50.6. The molecule has 0 aromatic heterocycles. The van der Waals surface area contributed by atoms with Crippen LogP contribution in [0.3, 0.4) is 0 Å².